The van der Waals surface area contributed by atoms with E-state index in [1.165, 1.54) is 11.3 Å². The van der Waals surface area contributed by atoms with Crippen molar-refractivity contribution >= 4 is 21.6 Å². The van der Waals surface area contributed by atoms with Gasteiger partial charge in [-0.3, -0.25) is 0 Å². The Balaban J connectivity index is 2.49. The standard InChI is InChI=1S/C14H20BrNO/c1-9(2)16-8-12(14(3,4)17)11-7-10(15)5-6-13(11)16/h5-7,9,12,17H,8H2,1-4H3. The van der Waals surface area contributed by atoms with Gasteiger partial charge in [0.05, 0.1) is 5.60 Å². The summed E-state index contributed by atoms with van der Waals surface area (Å²) in [6, 6.07) is 6.81. The molecule has 1 N–H and O–H groups in total. The molecule has 0 saturated heterocycles. The summed E-state index contributed by atoms with van der Waals surface area (Å²) in [4.78, 5) is 2.37. The lowest BCUT2D eigenvalue weighted by Gasteiger charge is -2.28. The van der Waals surface area contributed by atoms with Crippen LogP contribution in [0.4, 0.5) is 5.69 Å². The predicted octanol–water partition coefficient (Wildman–Crippen LogP) is 3.53. The second-order valence-corrected chi connectivity index (χ2v) is 6.57. The van der Waals surface area contributed by atoms with Crippen molar-refractivity contribution < 1.29 is 5.11 Å². The molecule has 2 nitrogen and oxygen atoms in total. The Bertz CT molecular complexity index is 423. The third-order valence-electron chi connectivity index (χ3n) is 3.53. The fourth-order valence-corrected chi connectivity index (χ4v) is 2.93. The number of rotatable bonds is 2. The first-order chi connectivity index (χ1) is 7.80. The topological polar surface area (TPSA) is 23.5 Å². The number of halogens is 1. The Labute approximate surface area is 112 Å². The Kier molecular flexibility index (Phi) is 3.25. The van der Waals surface area contributed by atoms with E-state index in [-0.39, 0.29) is 5.92 Å². The maximum absolute atomic E-state index is 10.3. The van der Waals surface area contributed by atoms with E-state index < -0.39 is 5.60 Å². The molecule has 1 heterocycles. The van der Waals surface area contributed by atoms with Crippen molar-refractivity contribution in [3.63, 3.8) is 0 Å². The van der Waals surface area contributed by atoms with Crippen molar-refractivity contribution in [1.29, 1.82) is 0 Å². The molecule has 0 saturated carbocycles. The van der Waals surface area contributed by atoms with Crippen LogP contribution in [-0.2, 0) is 0 Å². The summed E-state index contributed by atoms with van der Waals surface area (Å²) in [5.74, 6) is 0.178. The second kappa shape index (κ2) is 4.29. The zero-order chi connectivity index (χ0) is 12.8. The van der Waals surface area contributed by atoms with Crippen molar-refractivity contribution in [3.8, 4) is 0 Å². The first kappa shape index (κ1) is 12.9. The predicted molar refractivity (Wildman–Crippen MR) is 75.7 cm³/mol. The molecule has 1 aromatic carbocycles. The molecule has 17 heavy (non-hydrogen) atoms. The molecule has 1 atom stereocenters. The molecule has 0 radical (unpaired) electrons. The summed E-state index contributed by atoms with van der Waals surface area (Å²) >= 11 is 3.52. The average Bonchev–Trinajstić information content (AvgIpc) is 2.55. The van der Waals surface area contributed by atoms with Crippen molar-refractivity contribution in [2.24, 2.45) is 0 Å². The minimum atomic E-state index is -0.681. The fraction of sp³-hybridized carbons (Fsp3) is 0.571. The highest BCUT2D eigenvalue weighted by Gasteiger charge is 2.38. The quantitative estimate of drug-likeness (QED) is 0.903. The van der Waals surface area contributed by atoms with Crippen LogP contribution in [0.2, 0.25) is 0 Å². The number of benzene rings is 1. The van der Waals surface area contributed by atoms with E-state index in [0.717, 1.165) is 11.0 Å². The van der Waals surface area contributed by atoms with E-state index in [0.29, 0.717) is 6.04 Å². The summed E-state index contributed by atoms with van der Waals surface area (Å²) in [5.41, 5.74) is 1.83. The number of fused-ring (bicyclic) bond motifs is 1. The normalized spacial score (nSPS) is 19.9. The molecule has 1 aromatic rings. The van der Waals surface area contributed by atoms with E-state index in [1.54, 1.807) is 0 Å². The highest BCUT2D eigenvalue weighted by atomic mass is 79.9. The van der Waals surface area contributed by atoms with E-state index >= 15 is 0 Å². The monoisotopic (exact) mass is 297 g/mol. The van der Waals surface area contributed by atoms with E-state index in [9.17, 15) is 5.11 Å². The number of hydrogen-bond acceptors (Lipinski definition) is 2. The third-order valence-corrected chi connectivity index (χ3v) is 4.02. The van der Waals surface area contributed by atoms with Crippen LogP contribution in [0.5, 0.6) is 0 Å². The Morgan fingerprint density at radius 3 is 2.59 bits per heavy atom. The first-order valence-electron chi connectivity index (χ1n) is 6.09. The molecule has 0 fully saturated rings. The lowest BCUT2D eigenvalue weighted by atomic mass is 9.86. The molecule has 94 valence electrons. The number of aliphatic hydroxyl groups is 1. The third kappa shape index (κ3) is 2.36. The van der Waals surface area contributed by atoms with Crippen LogP contribution in [0.15, 0.2) is 22.7 Å². The molecule has 1 aliphatic rings. The average molecular weight is 298 g/mol. The first-order valence-corrected chi connectivity index (χ1v) is 6.88. The van der Waals surface area contributed by atoms with Crippen LogP contribution in [0.25, 0.3) is 0 Å². The van der Waals surface area contributed by atoms with Gasteiger partial charge in [-0.1, -0.05) is 15.9 Å². The summed E-state index contributed by atoms with van der Waals surface area (Å²) in [6.45, 7) is 9.07. The maximum atomic E-state index is 10.3. The SMILES string of the molecule is CC(C)N1CC(C(C)(C)O)c2cc(Br)ccc21. The van der Waals surface area contributed by atoms with E-state index in [4.69, 9.17) is 0 Å². The van der Waals surface area contributed by atoms with Gasteiger partial charge in [-0.05, 0) is 51.5 Å². The van der Waals surface area contributed by atoms with Gasteiger partial charge in [0.2, 0.25) is 0 Å². The second-order valence-electron chi connectivity index (χ2n) is 5.66. The number of anilines is 1. The maximum Gasteiger partial charge on any atom is 0.0677 e. The van der Waals surface area contributed by atoms with E-state index in [1.807, 2.05) is 13.8 Å². The number of nitrogens with zero attached hydrogens (tertiary/aromatic N) is 1. The lowest BCUT2D eigenvalue weighted by Crippen LogP contribution is -2.36. The van der Waals surface area contributed by atoms with Crippen molar-refractivity contribution in [2.45, 2.75) is 45.3 Å². The molecule has 1 aliphatic heterocycles. The van der Waals surface area contributed by atoms with Gasteiger partial charge in [-0.25, -0.2) is 0 Å². The van der Waals surface area contributed by atoms with Gasteiger partial charge < -0.3 is 10.0 Å². The zero-order valence-electron chi connectivity index (χ0n) is 10.9. The highest BCUT2D eigenvalue weighted by molar-refractivity contribution is 9.10. The minimum absolute atomic E-state index is 0.178. The summed E-state index contributed by atoms with van der Waals surface area (Å²) in [7, 11) is 0. The molecular formula is C14H20BrNO. The molecule has 0 spiro atoms. The Morgan fingerprint density at radius 2 is 2.06 bits per heavy atom. The van der Waals surface area contributed by atoms with Gasteiger partial charge >= 0.3 is 0 Å². The molecule has 0 aliphatic carbocycles. The zero-order valence-corrected chi connectivity index (χ0v) is 12.5. The molecular weight excluding hydrogens is 278 g/mol. The van der Waals surface area contributed by atoms with Gasteiger partial charge in [0, 0.05) is 28.7 Å². The van der Waals surface area contributed by atoms with Crippen LogP contribution >= 0.6 is 15.9 Å². The molecule has 3 heteroatoms. The van der Waals surface area contributed by atoms with Gasteiger partial charge in [0.1, 0.15) is 0 Å². The van der Waals surface area contributed by atoms with Gasteiger partial charge in [0.15, 0.2) is 0 Å². The van der Waals surface area contributed by atoms with Crippen LogP contribution < -0.4 is 4.90 Å². The Morgan fingerprint density at radius 1 is 1.41 bits per heavy atom. The highest BCUT2D eigenvalue weighted by Crippen LogP contribution is 2.43. The summed E-state index contributed by atoms with van der Waals surface area (Å²) in [6.07, 6.45) is 0. The smallest absolute Gasteiger partial charge is 0.0677 e. The Hall–Kier alpha value is -0.540. The van der Waals surface area contributed by atoms with Gasteiger partial charge in [0.25, 0.3) is 0 Å². The van der Waals surface area contributed by atoms with Crippen molar-refractivity contribution in [3.05, 3.63) is 28.2 Å². The molecule has 0 aromatic heterocycles. The number of hydrogen-bond donors (Lipinski definition) is 1. The largest absolute Gasteiger partial charge is 0.390 e. The molecule has 2 rings (SSSR count). The minimum Gasteiger partial charge on any atom is -0.390 e. The van der Waals surface area contributed by atoms with Crippen molar-refractivity contribution in [2.75, 3.05) is 11.4 Å². The molecule has 0 amide bonds. The van der Waals surface area contributed by atoms with Crippen molar-refractivity contribution in [1.82, 2.24) is 0 Å². The summed E-state index contributed by atoms with van der Waals surface area (Å²) < 4.78 is 1.08. The molecule has 0 bridgehead atoms. The van der Waals surface area contributed by atoms with Crippen LogP contribution in [0, 0.1) is 0 Å². The van der Waals surface area contributed by atoms with E-state index in [2.05, 4.69) is 52.9 Å². The van der Waals surface area contributed by atoms with Crippen LogP contribution in [0.1, 0.15) is 39.2 Å². The lowest BCUT2D eigenvalue weighted by molar-refractivity contribution is 0.0546. The fourth-order valence-electron chi connectivity index (χ4n) is 2.55. The molecule has 1 unspecified atom stereocenters. The van der Waals surface area contributed by atoms with Crippen LogP contribution in [0.3, 0.4) is 0 Å². The van der Waals surface area contributed by atoms with Gasteiger partial charge in [-0.15, -0.1) is 0 Å². The van der Waals surface area contributed by atoms with Crippen LogP contribution in [-0.4, -0.2) is 23.3 Å². The summed E-state index contributed by atoms with van der Waals surface area (Å²) in [5, 5.41) is 10.3. The van der Waals surface area contributed by atoms with Gasteiger partial charge in [-0.2, -0.15) is 0 Å².